The van der Waals surface area contributed by atoms with E-state index in [4.69, 9.17) is 10.5 Å². The van der Waals surface area contributed by atoms with Crippen molar-refractivity contribution in [3.63, 3.8) is 0 Å². The molecule has 1 aliphatic rings. The van der Waals surface area contributed by atoms with Crippen molar-refractivity contribution in [1.82, 2.24) is 4.90 Å². The number of primary amides is 1. The monoisotopic (exact) mass is 571 g/mol. The highest BCUT2D eigenvalue weighted by Crippen LogP contribution is 2.44. The summed E-state index contributed by atoms with van der Waals surface area (Å²) in [5, 5.41) is 0. The van der Waals surface area contributed by atoms with Gasteiger partial charge in [0.2, 0.25) is 0 Å². The molecule has 2 aromatic rings. The summed E-state index contributed by atoms with van der Waals surface area (Å²) in [6, 6.07) is -0.282. The van der Waals surface area contributed by atoms with Crippen molar-refractivity contribution in [1.29, 1.82) is 0 Å². The number of fused-ring (bicyclic) bond motifs is 1. The van der Waals surface area contributed by atoms with Crippen LogP contribution in [0, 0.1) is 0 Å². The van der Waals surface area contributed by atoms with Gasteiger partial charge >= 0.3 is 30.7 Å². The molecule has 0 fully saturated rings. The molecule has 0 saturated carbocycles. The lowest BCUT2D eigenvalue weighted by Crippen LogP contribution is -2.48. The topological polar surface area (TPSA) is 75.9 Å². The molecule has 39 heavy (non-hydrogen) atoms. The summed E-state index contributed by atoms with van der Waals surface area (Å²) in [5.74, 6) is 0. The number of rotatable bonds is 4. The van der Waals surface area contributed by atoms with E-state index in [0.29, 0.717) is 24.3 Å². The highest BCUT2D eigenvalue weighted by molar-refractivity contribution is 5.90. The molecule has 2 aromatic carbocycles. The average Bonchev–Trinajstić information content (AvgIpc) is 2.79. The Morgan fingerprint density at radius 2 is 1.46 bits per heavy atom. The molecule has 0 radical (unpaired) electrons. The molecule has 3 amide bonds. The van der Waals surface area contributed by atoms with Gasteiger partial charge in [0.05, 0.1) is 35.0 Å². The lowest BCUT2D eigenvalue weighted by atomic mass is 9.89. The van der Waals surface area contributed by atoms with Crippen LogP contribution < -0.4 is 10.6 Å². The van der Waals surface area contributed by atoms with Gasteiger partial charge < -0.3 is 15.4 Å². The normalized spacial score (nSPS) is 18.0. The third-order valence-corrected chi connectivity index (χ3v) is 6.11. The highest BCUT2D eigenvalue weighted by atomic mass is 19.4. The first kappa shape index (κ1) is 29.9. The maximum absolute atomic E-state index is 13.5. The number of nitrogens with zero attached hydrogens (tertiary/aromatic N) is 2. The van der Waals surface area contributed by atoms with Crippen LogP contribution in [0.4, 0.5) is 54.8 Å². The van der Waals surface area contributed by atoms with Crippen LogP contribution in [0.5, 0.6) is 0 Å². The second-order valence-electron chi connectivity index (χ2n) is 8.82. The number of carbonyl (C=O) groups is 2. The second-order valence-corrected chi connectivity index (χ2v) is 8.82. The number of benzene rings is 2. The highest BCUT2D eigenvalue weighted by Gasteiger charge is 2.42. The van der Waals surface area contributed by atoms with Gasteiger partial charge in [-0.25, -0.2) is 9.59 Å². The minimum Gasteiger partial charge on any atom is -0.449 e. The number of hydrogen-bond acceptors (Lipinski definition) is 3. The van der Waals surface area contributed by atoms with Crippen molar-refractivity contribution in [3.05, 3.63) is 64.2 Å². The zero-order chi connectivity index (χ0) is 29.5. The number of halogens is 9. The van der Waals surface area contributed by atoms with Gasteiger partial charge in [-0.2, -0.15) is 39.5 Å². The molecule has 1 heterocycles. The molecule has 2 N–H and O–H groups in total. The van der Waals surface area contributed by atoms with Crippen molar-refractivity contribution in [2.75, 3.05) is 11.5 Å². The number of alkyl halides is 9. The number of hydrogen-bond donors (Lipinski definition) is 1. The average molecular weight is 571 g/mol. The molecule has 0 bridgehead atoms. The van der Waals surface area contributed by atoms with Gasteiger partial charge in [0, 0.05) is 12.6 Å². The molecule has 2 unspecified atom stereocenters. The number of anilines is 1. The summed E-state index contributed by atoms with van der Waals surface area (Å²) in [5.41, 5.74) is 0.210. The summed E-state index contributed by atoms with van der Waals surface area (Å²) in [4.78, 5) is 26.7. The summed E-state index contributed by atoms with van der Waals surface area (Å²) in [6.45, 7) is 1.96. The van der Waals surface area contributed by atoms with Crippen LogP contribution in [0.15, 0.2) is 36.4 Å². The summed E-state index contributed by atoms with van der Waals surface area (Å²) in [7, 11) is 0. The molecule has 2 atom stereocenters. The maximum atomic E-state index is 13.5. The smallest absolute Gasteiger partial charge is 0.416 e. The minimum absolute atomic E-state index is 0.0315. The number of urea groups is 1. The van der Waals surface area contributed by atoms with Crippen molar-refractivity contribution in [3.8, 4) is 0 Å². The number of ether oxygens (including phenoxy) is 1. The third-order valence-electron chi connectivity index (χ3n) is 6.11. The predicted octanol–water partition coefficient (Wildman–Crippen LogP) is 7.12. The molecule has 0 saturated heterocycles. The summed E-state index contributed by atoms with van der Waals surface area (Å²) < 4.78 is 125. The van der Waals surface area contributed by atoms with Crippen LogP contribution in [0.25, 0.3) is 0 Å². The molecule has 0 spiro atoms. The maximum Gasteiger partial charge on any atom is 0.416 e. The fourth-order valence-electron chi connectivity index (χ4n) is 4.42. The summed E-state index contributed by atoms with van der Waals surface area (Å²) >= 11 is 0. The molecular weight excluding hydrogens is 549 g/mol. The van der Waals surface area contributed by atoms with Gasteiger partial charge in [-0.3, -0.25) is 4.90 Å². The van der Waals surface area contributed by atoms with E-state index in [1.54, 1.807) is 0 Å². The Labute approximate surface area is 216 Å². The molecule has 3 rings (SSSR count). The fraction of sp³-hybridized carbons (Fsp3) is 0.417. The van der Waals surface area contributed by atoms with E-state index in [1.807, 2.05) is 0 Å². The van der Waals surface area contributed by atoms with Crippen LogP contribution in [-0.2, 0) is 29.8 Å². The zero-order valence-corrected chi connectivity index (χ0v) is 20.3. The zero-order valence-electron chi connectivity index (χ0n) is 20.3. The van der Waals surface area contributed by atoms with E-state index in [2.05, 4.69) is 0 Å². The largest absolute Gasteiger partial charge is 0.449 e. The van der Waals surface area contributed by atoms with Crippen LogP contribution in [0.1, 0.15) is 54.1 Å². The minimum atomic E-state index is -5.15. The van der Waals surface area contributed by atoms with E-state index >= 15 is 0 Å². The van der Waals surface area contributed by atoms with Crippen LogP contribution in [-0.4, -0.2) is 29.7 Å². The molecule has 0 aromatic heterocycles. The molecule has 6 nitrogen and oxygen atoms in total. The Kier molecular flexibility index (Phi) is 8.04. The number of nitrogens with two attached hydrogens (primary N) is 1. The lowest BCUT2D eigenvalue weighted by molar-refractivity contribution is -0.143. The fourth-order valence-corrected chi connectivity index (χ4v) is 4.42. The van der Waals surface area contributed by atoms with Gasteiger partial charge in [-0.15, -0.1) is 0 Å². The first-order valence-electron chi connectivity index (χ1n) is 11.4. The predicted molar refractivity (Wildman–Crippen MR) is 119 cm³/mol. The van der Waals surface area contributed by atoms with E-state index < -0.39 is 71.5 Å². The quantitative estimate of drug-likeness (QED) is 0.397. The second kappa shape index (κ2) is 10.5. The van der Waals surface area contributed by atoms with Crippen LogP contribution in [0.2, 0.25) is 0 Å². The van der Waals surface area contributed by atoms with E-state index in [0.717, 1.165) is 15.9 Å². The van der Waals surface area contributed by atoms with E-state index in [-0.39, 0.29) is 30.3 Å². The first-order valence-corrected chi connectivity index (χ1v) is 11.4. The van der Waals surface area contributed by atoms with Crippen LogP contribution >= 0.6 is 0 Å². The number of amides is 3. The summed E-state index contributed by atoms with van der Waals surface area (Å²) in [6.07, 6.45) is -16.3. The van der Waals surface area contributed by atoms with Gasteiger partial charge in [0.15, 0.2) is 0 Å². The molecule has 15 heteroatoms. The Hall–Kier alpha value is -3.65. The third kappa shape index (κ3) is 6.50. The first-order chi connectivity index (χ1) is 17.8. The van der Waals surface area contributed by atoms with Gasteiger partial charge in [-0.1, -0.05) is 6.07 Å². The Morgan fingerprint density at radius 1 is 0.923 bits per heavy atom. The van der Waals surface area contributed by atoms with Crippen LogP contribution in [0.3, 0.4) is 0 Å². The van der Waals surface area contributed by atoms with Gasteiger partial charge in [-0.05, 0) is 61.7 Å². The van der Waals surface area contributed by atoms with Crippen molar-refractivity contribution in [2.24, 2.45) is 5.73 Å². The standard InChI is InChI=1S/C24H22F9N3O3/c1-3-39-21(38)36-12(2)6-18(17-5-4-14(10-19(17)36)22(25,26)27)35(20(34)37)11-13-7-15(23(28,29)30)9-16(8-13)24(31,32)33/h4-5,7-10,12,18H,3,6,11H2,1-2H3,(H2,34,37). The molecular formula is C24H22F9N3O3. The van der Waals surface area contributed by atoms with Crippen molar-refractivity contribution in [2.45, 2.75) is 57.4 Å². The SMILES string of the molecule is CCOC(=O)N1c2cc(C(F)(F)F)ccc2C(N(Cc2cc(C(F)(F)F)cc(C(F)(F)F)c2)C(N)=O)CC1C. The van der Waals surface area contributed by atoms with Crippen molar-refractivity contribution >= 4 is 17.8 Å². The lowest BCUT2D eigenvalue weighted by Gasteiger charge is -2.42. The number of carbonyl (C=O) groups excluding carboxylic acids is 2. The van der Waals surface area contributed by atoms with Gasteiger partial charge in [0.1, 0.15) is 0 Å². The Bertz CT molecular complexity index is 1210. The Balaban J connectivity index is 2.15. The molecule has 1 aliphatic heterocycles. The Morgan fingerprint density at radius 3 is 1.92 bits per heavy atom. The van der Waals surface area contributed by atoms with E-state index in [1.165, 1.54) is 13.8 Å². The van der Waals surface area contributed by atoms with Gasteiger partial charge in [0.25, 0.3) is 0 Å². The molecule has 0 aliphatic carbocycles. The van der Waals surface area contributed by atoms with Crippen molar-refractivity contribution < 1.29 is 53.8 Å². The van der Waals surface area contributed by atoms with E-state index in [9.17, 15) is 49.1 Å². The molecule has 214 valence electrons.